The molecule has 1 heterocycles. The molecule has 1 atom stereocenters. The summed E-state index contributed by atoms with van der Waals surface area (Å²) in [6.07, 6.45) is 12.2. The topological polar surface area (TPSA) is 65.1 Å². The number of nitrogens with two attached hydrogens (primary N) is 1. The van der Waals surface area contributed by atoms with Gasteiger partial charge in [0.2, 0.25) is 0 Å². The first-order valence-corrected chi connectivity index (χ1v) is 10.2. The Hall–Kier alpha value is -3.03. The van der Waals surface area contributed by atoms with Crippen LogP contribution < -0.4 is 11.1 Å². The van der Waals surface area contributed by atoms with E-state index in [0.29, 0.717) is 17.8 Å². The van der Waals surface area contributed by atoms with E-state index >= 15 is 0 Å². The Balaban J connectivity index is 3.19. The van der Waals surface area contributed by atoms with Gasteiger partial charge in [-0.2, -0.15) is 5.26 Å². The third-order valence-corrected chi connectivity index (χ3v) is 5.47. The average molecular weight is 405 g/mol. The Kier molecular flexibility index (Phi) is 9.36. The molecule has 1 aliphatic heterocycles. The summed E-state index contributed by atoms with van der Waals surface area (Å²) in [6.45, 7) is 25.0. The molecule has 0 amide bonds. The van der Waals surface area contributed by atoms with E-state index in [2.05, 4.69) is 62.5 Å². The Morgan fingerprint density at radius 3 is 2.47 bits per heavy atom. The highest BCUT2D eigenvalue weighted by Crippen LogP contribution is 2.39. The van der Waals surface area contributed by atoms with E-state index in [9.17, 15) is 0 Å². The van der Waals surface area contributed by atoms with E-state index < -0.39 is 0 Å². The largest absolute Gasteiger partial charge is 0.343 e. The summed E-state index contributed by atoms with van der Waals surface area (Å²) in [5, 5.41) is 12.3. The quantitative estimate of drug-likeness (QED) is 0.359. The molecule has 1 rings (SSSR count). The molecule has 0 saturated carbocycles. The van der Waals surface area contributed by atoms with Gasteiger partial charge >= 0.3 is 0 Å². The summed E-state index contributed by atoms with van der Waals surface area (Å²) in [6, 6.07) is 2.13. The van der Waals surface area contributed by atoms with E-state index in [1.54, 1.807) is 18.2 Å². The van der Waals surface area contributed by atoms with Crippen molar-refractivity contribution in [3.05, 3.63) is 96.2 Å². The summed E-state index contributed by atoms with van der Waals surface area (Å²) < 4.78 is 0. The fourth-order valence-corrected chi connectivity index (χ4v) is 3.54. The molecule has 0 saturated heterocycles. The molecule has 0 aromatic rings. The van der Waals surface area contributed by atoms with Gasteiger partial charge in [0.1, 0.15) is 5.82 Å². The van der Waals surface area contributed by atoms with E-state index in [4.69, 9.17) is 11.0 Å². The number of allylic oxidation sites excluding steroid dienone is 10. The molecule has 3 N–H and O–H groups in total. The van der Waals surface area contributed by atoms with Gasteiger partial charge in [-0.05, 0) is 76.8 Å². The maximum atomic E-state index is 9.06. The van der Waals surface area contributed by atoms with Gasteiger partial charge in [0.25, 0.3) is 0 Å². The molecular formula is C26H36N4. The summed E-state index contributed by atoms with van der Waals surface area (Å²) in [5.74, 6) is 0.737. The molecule has 0 bridgehead atoms. The van der Waals surface area contributed by atoms with Crippen molar-refractivity contribution in [2.45, 2.75) is 52.5 Å². The second-order valence-corrected chi connectivity index (χ2v) is 7.91. The molecule has 4 nitrogen and oxygen atoms in total. The number of nitriles is 1. The van der Waals surface area contributed by atoms with Gasteiger partial charge in [-0.25, -0.2) is 0 Å². The first-order chi connectivity index (χ1) is 14.1. The Morgan fingerprint density at radius 2 is 1.93 bits per heavy atom. The highest BCUT2D eigenvalue weighted by atomic mass is 15.3. The third kappa shape index (κ3) is 6.50. The van der Waals surface area contributed by atoms with Crippen LogP contribution in [0.25, 0.3) is 0 Å². The zero-order valence-corrected chi connectivity index (χ0v) is 19.0. The lowest BCUT2D eigenvalue weighted by Gasteiger charge is -2.48. The maximum Gasteiger partial charge on any atom is 0.103 e. The Bertz CT molecular complexity index is 873. The van der Waals surface area contributed by atoms with Crippen LogP contribution in [-0.2, 0) is 0 Å². The number of nitrogens with one attached hydrogen (secondary N) is 1. The fraction of sp³-hybridized carbons (Fsp3) is 0.346. The summed E-state index contributed by atoms with van der Waals surface area (Å²) >= 11 is 0. The van der Waals surface area contributed by atoms with Crippen LogP contribution in [0.1, 0.15) is 47.0 Å². The zero-order valence-electron chi connectivity index (χ0n) is 19.0. The number of hydrogen-bond acceptors (Lipinski definition) is 4. The SMILES string of the molecule is C=C(/C=C\C(C#N)=C/C)NC(=C)N1C(C)=C(/C=C\C(=C)C(=C)C)CC[C@]1(C)CCN. The van der Waals surface area contributed by atoms with Gasteiger partial charge in [-0.3, -0.25) is 0 Å². The average Bonchev–Trinajstić information content (AvgIpc) is 2.67. The van der Waals surface area contributed by atoms with Crippen LogP contribution in [0.15, 0.2) is 96.2 Å². The van der Waals surface area contributed by atoms with Gasteiger partial charge in [-0.1, -0.05) is 50.1 Å². The van der Waals surface area contributed by atoms with Gasteiger partial charge in [0, 0.05) is 22.5 Å². The predicted octanol–water partition coefficient (Wildman–Crippen LogP) is 5.75. The van der Waals surface area contributed by atoms with E-state index in [1.165, 1.54) is 5.57 Å². The van der Waals surface area contributed by atoms with Crippen molar-refractivity contribution >= 4 is 0 Å². The standard InChI is InChI=1S/C26H36N4/c1-9-24(18-28)12-11-21(5)29-23(7)30-22(6)25(13-10-20(4)19(2)3)14-15-26(30,8)16-17-27/h9-13,29H,2,4-5,7,14-17,27H2,1,3,6,8H3/b12-11-,13-10-,24-9+/t26-/m1/s1. The molecule has 30 heavy (non-hydrogen) atoms. The first kappa shape index (κ1) is 25.0. The van der Waals surface area contributed by atoms with Crippen LogP contribution in [0.5, 0.6) is 0 Å². The normalized spacial score (nSPS) is 19.9. The Labute approximate surface area is 182 Å². The molecule has 0 spiro atoms. The van der Waals surface area contributed by atoms with Crippen LogP contribution in [0.3, 0.4) is 0 Å². The molecule has 0 unspecified atom stereocenters. The van der Waals surface area contributed by atoms with Gasteiger partial charge in [-0.15, -0.1) is 0 Å². The van der Waals surface area contributed by atoms with Crippen LogP contribution >= 0.6 is 0 Å². The van der Waals surface area contributed by atoms with Crippen molar-refractivity contribution in [2.24, 2.45) is 5.73 Å². The molecule has 0 aliphatic carbocycles. The molecule has 4 heteroatoms. The van der Waals surface area contributed by atoms with E-state index in [1.807, 2.05) is 19.9 Å². The second kappa shape index (κ2) is 11.2. The predicted molar refractivity (Wildman–Crippen MR) is 129 cm³/mol. The molecule has 160 valence electrons. The number of rotatable bonds is 10. The van der Waals surface area contributed by atoms with Crippen molar-refractivity contribution in [2.75, 3.05) is 6.54 Å². The second-order valence-electron chi connectivity index (χ2n) is 7.91. The number of hydrogen-bond donors (Lipinski definition) is 2. The lowest BCUT2D eigenvalue weighted by atomic mass is 9.82. The van der Waals surface area contributed by atoms with E-state index in [0.717, 1.165) is 41.9 Å². The summed E-state index contributed by atoms with van der Waals surface area (Å²) in [7, 11) is 0. The third-order valence-electron chi connectivity index (χ3n) is 5.47. The first-order valence-electron chi connectivity index (χ1n) is 10.2. The van der Waals surface area contributed by atoms with Crippen LogP contribution in [0, 0.1) is 11.3 Å². The van der Waals surface area contributed by atoms with Crippen molar-refractivity contribution in [3.8, 4) is 6.07 Å². The minimum atomic E-state index is -0.142. The molecule has 1 aliphatic rings. The number of nitrogens with zero attached hydrogens (tertiary/aromatic N) is 2. The van der Waals surface area contributed by atoms with Crippen molar-refractivity contribution in [3.63, 3.8) is 0 Å². The summed E-state index contributed by atoms with van der Waals surface area (Å²) in [4.78, 5) is 2.23. The molecule has 0 radical (unpaired) electrons. The minimum Gasteiger partial charge on any atom is -0.343 e. The van der Waals surface area contributed by atoms with Crippen molar-refractivity contribution in [1.82, 2.24) is 10.2 Å². The lowest BCUT2D eigenvalue weighted by Crippen LogP contribution is -2.50. The van der Waals surface area contributed by atoms with Crippen molar-refractivity contribution in [1.29, 1.82) is 5.26 Å². The van der Waals surface area contributed by atoms with Crippen LogP contribution in [-0.4, -0.2) is 17.0 Å². The van der Waals surface area contributed by atoms with Crippen molar-refractivity contribution < 1.29 is 0 Å². The lowest BCUT2D eigenvalue weighted by molar-refractivity contribution is 0.145. The van der Waals surface area contributed by atoms with Gasteiger partial charge in [0.05, 0.1) is 6.07 Å². The molecule has 0 aromatic carbocycles. The molecule has 0 fully saturated rings. The highest BCUT2D eigenvalue weighted by molar-refractivity contribution is 5.40. The van der Waals surface area contributed by atoms with E-state index in [-0.39, 0.29) is 5.54 Å². The zero-order chi connectivity index (χ0) is 22.9. The fourth-order valence-electron chi connectivity index (χ4n) is 3.54. The molecule has 0 aromatic heterocycles. The minimum absolute atomic E-state index is 0.142. The monoisotopic (exact) mass is 404 g/mol. The van der Waals surface area contributed by atoms with Crippen LogP contribution in [0.4, 0.5) is 0 Å². The highest BCUT2D eigenvalue weighted by Gasteiger charge is 2.37. The molecular weight excluding hydrogens is 368 g/mol. The van der Waals surface area contributed by atoms with Gasteiger partial charge < -0.3 is 16.0 Å². The van der Waals surface area contributed by atoms with Crippen LogP contribution in [0.2, 0.25) is 0 Å². The smallest absolute Gasteiger partial charge is 0.103 e. The maximum absolute atomic E-state index is 9.06. The van der Waals surface area contributed by atoms with Gasteiger partial charge in [0.15, 0.2) is 0 Å². The summed E-state index contributed by atoms with van der Waals surface area (Å²) in [5.41, 5.74) is 11.3. The Morgan fingerprint density at radius 1 is 1.27 bits per heavy atom.